The number of pyridine rings is 1. The van der Waals surface area contributed by atoms with E-state index in [1.165, 1.54) is 6.07 Å². The Morgan fingerprint density at radius 3 is 2.81 bits per heavy atom. The summed E-state index contributed by atoms with van der Waals surface area (Å²) in [6, 6.07) is 8.33. The van der Waals surface area contributed by atoms with E-state index in [1.807, 2.05) is 0 Å². The van der Waals surface area contributed by atoms with Crippen LogP contribution in [0.1, 0.15) is 12.8 Å². The first-order chi connectivity index (χ1) is 13.2. The largest absolute Gasteiger partial charge is 0.377 e. The van der Waals surface area contributed by atoms with E-state index in [1.54, 1.807) is 36.7 Å². The highest BCUT2D eigenvalue weighted by molar-refractivity contribution is 5.71. The van der Waals surface area contributed by atoms with Crippen molar-refractivity contribution in [1.82, 2.24) is 15.1 Å². The third kappa shape index (κ3) is 3.77. The molecule has 0 radical (unpaired) electrons. The lowest BCUT2D eigenvalue weighted by Crippen LogP contribution is -2.18. The van der Waals surface area contributed by atoms with E-state index in [-0.39, 0.29) is 17.6 Å². The number of anilines is 1. The van der Waals surface area contributed by atoms with Gasteiger partial charge in [0.15, 0.2) is 0 Å². The Hall–Kier alpha value is -3.33. The Kier molecular flexibility index (Phi) is 4.75. The number of ether oxygens (including phenoxy) is 1. The van der Waals surface area contributed by atoms with Crippen LogP contribution < -0.4 is 5.32 Å². The zero-order valence-electron chi connectivity index (χ0n) is 14.4. The highest BCUT2D eigenvalue weighted by Crippen LogP contribution is 2.31. The monoisotopic (exact) mass is 367 g/mol. The van der Waals surface area contributed by atoms with Crippen molar-refractivity contribution in [3.8, 4) is 22.8 Å². The zero-order chi connectivity index (χ0) is 18.6. The van der Waals surface area contributed by atoms with Crippen molar-refractivity contribution in [2.45, 2.75) is 18.9 Å². The maximum Gasteiger partial charge on any atom is 0.293 e. The van der Waals surface area contributed by atoms with Gasteiger partial charge in [0.25, 0.3) is 11.6 Å². The van der Waals surface area contributed by atoms with Crippen molar-refractivity contribution in [2.75, 3.05) is 18.5 Å². The quantitative estimate of drug-likeness (QED) is 0.521. The second kappa shape index (κ2) is 7.50. The molecule has 1 aliphatic rings. The molecule has 1 atom stereocenters. The first-order valence-corrected chi connectivity index (χ1v) is 8.59. The van der Waals surface area contributed by atoms with Gasteiger partial charge in [-0.05, 0) is 37.1 Å². The maximum atomic E-state index is 11.5. The van der Waals surface area contributed by atoms with Crippen LogP contribution in [-0.2, 0) is 4.74 Å². The van der Waals surface area contributed by atoms with Crippen LogP contribution in [0.15, 0.2) is 47.2 Å². The fourth-order valence-corrected chi connectivity index (χ4v) is 2.95. The van der Waals surface area contributed by atoms with Crippen LogP contribution in [0, 0.1) is 10.1 Å². The average Bonchev–Trinajstić information content (AvgIpc) is 3.39. The number of benzene rings is 1. The Balaban J connectivity index is 1.57. The molecule has 1 fully saturated rings. The molecule has 0 spiro atoms. The lowest BCUT2D eigenvalue weighted by atomic mass is 10.1. The number of hydrogen-bond acceptors (Lipinski definition) is 8. The van der Waals surface area contributed by atoms with Crippen molar-refractivity contribution in [3.05, 3.63) is 52.8 Å². The fraction of sp³-hybridized carbons (Fsp3) is 0.278. The molecule has 138 valence electrons. The molecule has 27 heavy (non-hydrogen) atoms. The first-order valence-electron chi connectivity index (χ1n) is 8.59. The van der Waals surface area contributed by atoms with Gasteiger partial charge in [0.1, 0.15) is 5.69 Å². The molecule has 0 unspecified atom stereocenters. The molecule has 0 bridgehead atoms. The zero-order valence-corrected chi connectivity index (χ0v) is 14.4. The molecule has 1 saturated heterocycles. The summed E-state index contributed by atoms with van der Waals surface area (Å²) < 4.78 is 10.8. The van der Waals surface area contributed by atoms with Gasteiger partial charge in [-0.3, -0.25) is 15.1 Å². The summed E-state index contributed by atoms with van der Waals surface area (Å²) in [5.74, 6) is 0.617. The average molecular weight is 367 g/mol. The SMILES string of the molecule is O=[N+]([O-])c1cc(-c2noc(-c3ccncc3)n2)ccc1NC[C@H]1CCCO1. The van der Waals surface area contributed by atoms with E-state index < -0.39 is 4.92 Å². The summed E-state index contributed by atoms with van der Waals surface area (Å²) in [5, 5.41) is 18.5. The van der Waals surface area contributed by atoms with Crippen LogP contribution >= 0.6 is 0 Å². The smallest absolute Gasteiger partial charge is 0.293 e. The summed E-state index contributed by atoms with van der Waals surface area (Å²) in [7, 11) is 0. The third-order valence-electron chi connectivity index (χ3n) is 4.35. The van der Waals surface area contributed by atoms with Gasteiger partial charge < -0.3 is 14.6 Å². The molecule has 2 aromatic heterocycles. The molecule has 9 nitrogen and oxygen atoms in total. The number of nitro groups is 1. The van der Waals surface area contributed by atoms with E-state index in [0.717, 1.165) is 25.0 Å². The summed E-state index contributed by atoms with van der Waals surface area (Å²) in [6.45, 7) is 1.28. The summed E-state index contributed by atoms with van der Waals surface area (Å²) >= 11 is 0. The molecule has 3 aromatic rings. The van der Waals surface area contributed by atoms with Crippen LogP contribution in [0.3, 0.4) is 0 Å². The molecule has 0 aliphatic carbocycles. The van der Waals surface area contributed by atoms with Gasteiger partial charge in [0, 0.05) is 42.7 Å². The lowest BCUT2D eigenvalue weighted by Gasteiger charge is -2.12. The summed E-state index contributed by atoms with van der Waals surface area (Å²) in [6.07, 6.45) is 5.31. The number of hydrogen-bond donors (Lipinski definition) is 1. The number of nitrogens with zero attached hydrogens (tertiary/aromatic N) is 4. The minimum absolute atomic E-state index is 0.0410. The lowest BCUT2D eigenvalue weighted by molar-refractivity contribution is -0.383. The second-order valence-electron chi connectivity index (χ2n) is 6.16. The van der Waals surface area contributed by atoms with Gasteiger partial charge in [-0.2, -0.15) is 4.98 Å². The number of nitro benzene ring substituents is 1. The molecule has 0 saturated carbocycles. The standard InChI is InChI=1S/C18H17N5O4/c24-23(25)16-10-13(3-4-15(16)20-11-14-2-1-9-26-14)17-21-18(27-22-17)12-5-7-19-8-6-12/h3-8,10,14,20H,1-2,9,11H2/t14-/m1/s1. The number of rotatable bonds is 6. The van der Waals surface area contributed by atoms with Crippen molar-refractivity contribution in [3.63, 3.8) is 0 Å². The molecule has 1 aliphatic heterocycles. The third-order valence-corrected chi connectivity index (χ3v) is 4.35. The Morgan fingerprint density at radius 1 is 1.22 bits per heavy atom. The molecule has 0 amide bonds. The molecule has 4 rings (SSSR count). The van der Waals surface area contributed by atoms with Crippen molar-refractivity contribution in [2.24, 2.45) is 0 Å². The minimum Gasteiger partial charge on any atom is -0.377 e. The predicted molar refractivity (Wildman–Crippen MR) is 97.1 cm³/mol. The van der Waals surface area contributed by atoms with Gasteiger partial charge in [-0.15, -0.1) is 0 Å². The number of aromatic nitrogens is 3. The molecule has 9 heteroatoms. The van der Waals surface area contributed by atoms with Crippen LogP contribution in [0.25, 0.3) is 22.8 Å². The van der Waals surface area contributed by atoms with Crippen molar-refractivity contribution >= 4 is 11.4 Å². The first kappa shape index (κ1) is 17.1. The molecule has 1 N–H and O–H groups in total. The Labute approximate surface area is 154 Å². The van der Waals surface area contributed by atoms with Gasteiger partial charge in [-0.25, -0.2) is 0 Å². The van der Waals surface area contributed by atoms with E-state index >= 15 is 0 Å². The highest BCUT2D eigenvalue weighted by Gasteiger charge is 2.20. The topological polar surface area (TPSA) is 116 Å². The van der Waals surface area contributed by atoms with Crippen molar-refractivity contribution < 1.29 is 14.2 Å². The van der Waals surface area contributed by atoms with Crippen LogP contribution in [0.5, 0.6) is 0 Å². The molecule has 3 heterocycles. The highest BCUT2D eigenvalue weighted by atomic mass is 16.6. The van der Waals surface area contributed by atoms with Gasteiger partial charge in [0.2, 0.25) is 5.82 Å². The summed E-state index contributed by atoms with van der Waals surface area (Å²) in [5.41, 5.74) is 1.64. The normalized spacial score (nSPS) is 16.4. The van der Waals surface area contributed by atoms with Crippen LogP contribution in [0.2, 0.25) is 0 Å². The Bertz CT molecular complexity index is 938. The van der Waals surface area contributed by atoms with E-state index in [9.17, 15) is 10.1 Å². The minimum atomic E-state index is -0.425. The Morgan fingerprint density at radius 2 is 2.07 bits per heavy atom. The molecular formula is C18H17N5O4. The van der Waals surface area contributed by atoms with Gasteiger partial charge in [-0.1, -0.05) is 5.16 Å². The van der Waals surface area contributed by atoms with Gasteiger partial charge >= 0.3 is 0 Å². The van der Waals surface area contributed by atoms with Crippen LogP contribution in [-0.4, -0.2) is 39.3 Å². The van der Waals surface area contributed by atoms with E-state index in [4.69, 9.17) is 9.26 Å². The van der Waals surface area contributed by atoms with Crippen molar-refractivity contribution in [1.29, 1.82) is 0 Å². The maximum absolute atomic E-state index is 11.5. The van der Waals surface area contributed by atoms with Gasteiger partial charge in [0.05, 0.1) is 11.0 Å². The number of nitrogens with one attached hydrogen (secondary N) is 1. The molecular weight excluding hydrogens is 350 g/mol. The summed E-state index contributed by atoms with van der Waals surface area (Å²) in [4.78, 5) is 19.3. The van der Waals surface area contributed by atoms with E-state index in [0.29, 0.717) is 23.7 Å². The predicted octanol–water partition coefficient (Wildman–Crippen LogP) is 3.30. The second-order valence-corrected chi connectivity index (χ2v) is 6.16. The molecule has 1 aromatic carbocycles. The fourth-order valence-electron chi connectivity index (χ4n) is 2.95. The van der Waals surface area contributed by atoms with E-state index in [2.05, 4.69) is 20.4 Å². The van der Waals surface area contributed by atoms with Crippen LogP contribution in [0.4, 0.5) is 11.4 Å².